The van der Waals surface area contributed by atoms with Crippen LogP contribution in [0.4, 0.5) is 0 Å². The third-order valence-corrected chi connectivity index (χ3v) is 0.492. The zero-order valence-electron chi connectivity index (χ0n) is 7.05. The molecule has 0 heterocycles. The normalized spacial score (nSPS) is 9.00. The first-order chi connectivity index (χ1) is 4.65. The van der Waals surface area contributed by atoms with E-state index >= 15 is 0 Å². The monoisotopic (exact) mass is 168 g/mol. The van der Waals surface area contributed by atoms with Crippen molar-refractivity contribution in [3.05, 3.63) is 0 Å². The van der Waals surface area contributed by atoms with Gasteiger partial charge >= 0.3 is 0 Å². The lowest BCUT2D eigenvalue weighted by atomic mass is 10.8. The Kier molecular flexibility index (Phi) is 15.4. The maximum atomic E-state index is 9.56. The van der Waals surface area contributed by atoms with Crippen molar-refractivity contribution < 1.29 is 14.0 Å². The van der Waals surface area contributed by atoms with E-state index in [0.29, 0.717) is 13.2 Å². The molecule has 0 N–H and O–H groups in total. The molecule has 0 aromatic heterocycles. The molecule has 4 heteroatoms. The van der Waals surface area contributed by atoms with Crippen LogP contribution in [-0.4, -0.2) is 44.5 Å². The Labute approximate surface area is 65.9 Å². The molecule has 0 aromatic rings. The number of hydrogen-bond acceptors (Lipinski definition) is 3. The van der Waals surface area contributed by atoms with E-state index in [1.54, 1.807) is 26.7 Å². The van der Waals surface area contributed by atoms with E-state index in [1.807, 2.05) is 0 Å². The highest BCUT2D eigenvalue weighted by Crippen LogP contribution is 1.65. The van der Waals surface area contributed by atoms with Crippen molar-refractivity contribution in [2.45, 2.75) is 0 Å². The van der Waals surface area contributed by atoms with Crippen LogP contribution in [0.2, 0.25) is 0 Å². The minimum absolute atomic E-state index is 0.611. The minimum Gasteiger partial charge on any atom is -0.617 e. The van der Waals surface area contributed by atoms with E-state index in [-0.39, 0.29) is 0 Å². The second-order valence-electron chi connectivity index (χ2n) is 1.73. The van der Waals surface area contributed by atoms with Gasteiger partial charge in [0.1, 0.15) is 0 Å². The Morgan fingerprint density at radius 2 is 1.30 bits per heavy atom. The van der Waals surface area contributed by atoms with Gasteiger partial charge in [0.05, 0.1) is 25.7 Å². The molecule has 10 heavy (non-hydrogen) atoms. The standard InChI is InChI=1S/C4H10O2.C2H6OS/c1-5-3-4-6-2;1-4(2)3/h3-4H2,1-2H3;1-2H3. The second kappa shape index (κ2) is 12.0. The predicted molar refractivity (Wildman–Crippen MR) is 43.7 cm³/mol. The van der Waals surface area contributed by atoms with Gasteiger partial charge in [-0.1, -0.05) is 11.2 Å². The topological polar surface area (TPSA) is 41.5 Å². The Morgan fingerprint density at radius 1 is 1.10 bits per heavy atom. The summed E-state index contributed by atoms with van der Waals surface area (Å²) >= 11 is -0.611. The highest BCUT2D eigenvalue weighted by atomic mass is 32.2. The van der Waals surface area contributed by atoms with Gasteiger partial charge in [0, 0.05) is 14.2 Å². The van der Waals surface area contributed by atoms with Crippen LogP contribution in [0, 0.1) is 0 Å². The fourth-order valence-electron chi connectivity index (χ4n) is 0.167. The van der Waals surface area contributed by atoms with Gasteiger partial charge in [-0.05, 0) is 0 Å². The first-order valence-corrected chi connectivity index (χ1v) is 4.84. The van der Waals surface area contributed by atoms with Crippen LogP contribution in [0.1, 0.15) is 0 Å². The first-order valence-electron chi connectivity index (χ1n) is 2.88. The van der Waals surface area contributed by atoms with Crippen LogP contribution in [0.25, 0.3) is 0 Å². The van der Waals surface area contributed by atoms with Crippen LogP contribution in [0.5, 0.6) is 0 Å². The summed E-state index contributed by atoms with van der Waals surface area (Å²) < 4.78 is 18.9. The average molecular weight is 168 g/mol. The molecule has 0 aliphatic heterocycles. The van der Waals surface area contributed by atoms with Gasteiger partial charge in [0.25, 0.3) is 0 Å². The number of hydrogen-bond donors (Lipinski definition) is 0. The summed E-state index contributed by atoms with van der Waals surface area (Å²) in [5, 5.41) is 0. The Hall–Kier alpha value is 0.230. The molecule has 0 fully saturated rings. The maximum absolute atomic E-state index is 9.56. The van der Waals surface area contributed by atoms with Crippen LogP contribution < -0.4 is 0 Å². The molecule has 0 spiro atoms. The summed E-state index contributed by atoms with van der Waals surface area (Å²) in [5.41, 5.74) is 0. The molecule has 0 saturated carbocycles. The number of rotatable bonds is 3. The van der Waals surface area contributed by atoms with Crippen LogP contribution in [0.3, 0.4) is 0 Å². The van der Waals surface area contributed by atoms with Crippen molar-refractivity contribution in [2.24, 2.45) is 0 Å². The summed E-state index contributed by atoms with van der Waals surface area (Å²) in [7, 11) is 3.30. The predicted octanol–water partition coefficient (Wildman–Crippen LogP) is 0.274. The fourth-order valence-corrected chi connectivity index (χ4v) is 0.167. The van der Waals surface area contributed by atoms with Crippen LogP contribution >= 0.6 is 0 Å². The molecule has 0 rings (SSSR count). The molecule has 0 aromatic carbocycles. The minimum atomic E-state index is -0.611. The molecule has 0 bridgehead atoms. The zero-order valence-corrected chi connectivity index (χ0v) is 7.86. The molecular formula is C6H16O3S. The molecule has 0 aliphatic rings. The highest BCUT2D eigenvalue weighted by Gasteiger charge is 1.73. The molecule has 0 amide bonds. The third-order valence-electron chi connectivity index (χ3n) is 0.492. The highest BCUT2D eigenvalue weighted by molar-refractivity contribution is 7.89. The molecule has 0 radical (unpaired) electrons. The van der Waals surface area contributed by atoms with Gasteiger partial charge in [-0.3, -0.25) is 0 Å². The second-order valence-corrected chi connectivity index (χ2v) is 3.21. The summed E-state index contributed by atoms with van der Waals surface area (Å²) in [6, 6.07) is 0. The van der Waals surface area contributed by atoms with Gasteiger partial charge in [-0.2, -0.15) is 0 Å². The van der Waals surface area contributed by atoms with Crippen LogP contribution in [-0.2, 0) is 20.6 Å². The maximum Gasteiger partial charge on any atom is 0.0946 e. The van der Waals surface area contributed by atoms with Gasteiger partial charge in [0.15, 0.2) is 0 Å². The third kappa shape index (κ3) is 41.2. The largest absolute Gasteiger partial charge is 0.617 e. The Bertz CT molecular complexity index is 43.5. The SMILES string of the molecule is COCCOC.C[S+](C)[O-]. The van der Waals surface area contributed by atoms with E-state index in [1.165, 1.54) is 0 Å². The molecule has 0 unspecified atom stereocenters. The van der Waals surface area contributed by atoms with E-state index in [2.05, 4.69) is 9.47 Å². The lowest BCUT2D eigenvalue weighted by Gasteiger charge is -1.91. The zero-order chi connectivity index (χ0) is 8.41. The lowest BCUT2D eigenvalue weighted by Crippen LogP contribution is -1.96. The van der Waals surface area contributed by atoms with E-state index < -0.39 is 11.2 Å². The molecule has 64 valence electrons. The van der Waals surface area contributed by atoms with E-state index in [4.69, 9.17) is 0 Å². The Morgan fingerprint density at radius 3 is 1.40 bits per heavy atom. The van der Waals surface area contributed by atoms with Crippen molar-refractivity contribution in [1.29, 1.82) is 0 Å². The quantitative estimate of drug-likeness (QED) is 0.449. The van der Waals surface area contributed by atoms with Crippen molar-refractivity contribution in [3.63, 3.8) is 0 Å². The number of ether oxygens (including phenoxy) is 2. The lowest BCUT2D eigenvalue weighted by molar-refractivity contribution is 0.103. The Balaban J connectivity index is 0. The van der Waals surface area contributed by atoms with Crippen molar-refractivity contribution in [1.82, 2.24) is 0 Å². The van der Waals surface area contributed by atoms with Crippen molar-refractivity contribution in [3.8, 4) is 0 Å². The van der Waals surface area contributed by atoms with Gasteiger partial charge in [-0.25, -0.2) is 0 Å². The molecular weight excluding hydrogens is 152 g/mol. The summed E-state index contributed by atoms with van der Waals surface area (Å²) in [5.74, 6) is 0. The van der Waals surface area contributed by atoms with Crippen molar-refractivity contribution >= 4 is 11.2 Å². The molecule has 0 atom stereocenters. The van der Waals surface area contributed by atoms with E-state index in [0.717, 1.165) is 0 Å². The summed E-state index contributed by atoms with van der Waals surface area (Å²) in [6.07, 6.45) is 3.28. The van der Waals surface area contributed by atoms with Gasteiger partial charge < -0.3 is 14.0 Å². The molecule has 0 aliphatic carbocycles. The fraction of sp³-hybridized carbons (Fsp3) is 1.00. The molecule has 3 nitrogen and oxygen atoms in total. The smallest absolute Gasteiger partial charge is 0.0946 e. The molecule has 0 saturated heterocycles. The van der Waals surface area contributed by atoms with E-state index in [9.17, 15) is 4.55 Å². The average Bonchev–Trinajstić information content (AvgIpc) is 1.82. The summed E-state index contributed by atoms with van der Waals surface area (Å²) in [4.78, 5) is 0. The number of methoxy groups -OCH3 is 2. The van der Waals surface area contributed by atoms with Crippen LogP contribution in [0.15, 0.2) is 0 Å². The van der Waals surface area contributed by atoms with Crippen molar-refractivity contribution in [2.75, 3.05) is 39.9 Å². The van der Waals surface area contributed by atoms with Gasteiger partial charge in [-0.15, -0.1) is 0 Å². The summed E-state index contributed by atoms with van der Waals surface area (Å²) in [6.45, 7) is 1.38. The first kappa shape index (κ1) is 12.9. The van der Waals surface area contributed by atoms with Gasteiger partial charge in [0.2, 0.25) is 0 Å².